The number of aromatic nitrogens is 8. The lowest BCUT2D eigenvalue weighted by atomic mass is 10.0. The van der Waals surface area contributed by atoms with Crippen LogP contribution in [0.1, 0.15) is 46.0 Å². The van der Waals surface area contributed by atoms with E-state index in [1.165, 1.54) is 30.7 Å². The molecule has 6 heterocycles. The second-order valence-corrected chi connectivity index (χ2v) is 21.5. The Balaban J connectivity index is 0.980. The van der Waals surface area contributed by atoms with Crippen molar-refractivity contribution >= 4 is 60.1 Å². The van der Waals surface area contributed by atoms with E-state index in [0.29, 0.717) is 34.5 Å². The van der Waals surface area contributed by atoms with Crippen molar-refractivity contribution in [1.82, 2.24) is 39.0 Å². The number of aromatic amines is 1. The highest BCUT2D eigenvalue weighted by Crippen LogP contribution is 2.74. The number of carbonyl (C=O) groups is 1. The summed E-state index contributed by atoms with van der Waals surface area (Å²) >= 11 is 0.836. The molecule has 6 aromatic rings. The fourth-order valence-corrected chi connectivity index (χ4v) is 13.3. The van der Waals surface area contributed by atoms with Crippen LogP contribution in [-0.4, -0.2) is 106 Å². The van der Waals surface area contributed by atoms with Crippen molar-refractivity contribution in [3.05, 3.63) is 100 Å². The molecule has 22 nitrogen and oxygen atoms in total. The quantitative estimate of drug-likeness (QED) is 0.0946. The highest BCUT2D eigenvalue weighted by Gasteiger charge is 2.74. The van der Waals surface area contributed by atoms with Crippen LogP contribution in [-0.2, 0) is 42.5 Å². The zero-order valence-electron chi connectivity index (χ0n) is 34.2. The van der Waals surface area contributed by atoms with Gasteiger partial charge in [0.05, 0.1) is 37.5 Å². The van der Waals surface area contributed by atoms with Gasteiger partial charge in [0.2, 0.25) is 0 Å². The van der Waals surface area contributed by atoms with Gasteiger partial charge in [-0.3, -0.25) is 27.5 Å². The van der Waals surface area contributed by atoms with Crippen molar-refractivity contribution < 1.29 is 56.2 Å². The highest BCUT2D eigenvalue weighted by molar-refractivity contribution is 8.54. The third kappa shape index (κ3) is 7.67. The maximum Gasteiger partial charge on any atom is 0.472 e. The molecule has 2 aliphatic heterocycles. The predicted molar refractivity (Wildman–Crippen MR) is 226 cm³/mol. The average molecular weight is 938 g/mol. The van der Waals surface area contributed by atoms with E-state index in [1.54, 1.807) is 47.9 Å². The minimum atomic E-state index is -5.02. The lowest BCUT2D eigenvalue weighted by molar-refractivity contribution is -0.0600. The second-order valence-electron chi connectivity index (χ2n) is 16.1. The van der Waals surface area contributed by atoms with Crippen molar-refractivity contribution in [2.24, 2.45) is 11.3 Å². The first-order valence-electron chi connectivity index (χ1n) is 20.0. The van der Waals surface area contributed by atoms with Gasteiger partial charge in [0.1, 0.15) is 53.9 Å². The number of aliphatic hydroxyl groups excluding tert-OH is 1. The van der Waals surface area contributed by atoms with Gasteiger partial charge in [0.15, 0.2) is 28.9 Å². The molecule has 25 heteroatoms. The predicted octanol–water partition coefficient (Wildman–Crippen LogP) is 4.17. The number of benzene rings is 2. The van der Waals surface area contributed by atoms with Crippen molar-refractivity contribution in [2.75, 3.05) is 26.1 Å². The summed E-state index contributed by atoms with van der Waals surface area (Å²) < 4.78 is 74.6. The molecular formula is C39H41N9O13P2S. The zero-order chi connectivity index (χ0) is 44.7. The lowest BCUT2D eigenvalue weighted by Crippen LogP contribution is -2.38. The molecule has 10 rings (SSSR count). The van der Waals surface area contributed by atoms with E-state index < -0.39 is 93.5 Å². The van der Waals surface area contributed by atoms with Gasteiger partial charge in [-0.2, -0.15) is 0 Å². The summed E-state index contributed by atoms with van der Waals surface area (Å²) in [5, 5.41) is 12.2. The molecule has 1 unspecified atom stereocenters. The highest BCUT2D eigenvalue weighted by atomic mass is 32.7. The molecule has 2 aliphatic carbocycles. The van der Waals surface area contributed by atoms with Crippen LogP contribution in [0.4, 0.5) is 5.82 Å². The number of H-pyrrole nitrogens is 1. The summed E-state index contributed by atoms with van der Waals surface area (Å²) in [4.78, 5) is 60.9. The number of rotatable bonds is 8. The van der Waals surface area contributed by atoms with E-state index in [9.17, 15) is 24.2 Å². The molecule has 2 saturated carbocycles. The number of carbonyl (C=O) groups excluding carboxylic acids is 1. The summed E-state index contributed by atoms with van der Waals surface area (Å²) in [5.41, 5.74) is 7.14. The molecule has 0 radical (unpaired) electrons. The summed E-state index contributed by atoms with van der Waals surface area (Å²) in [6.07, 6.45) is -3.31. The summed E-state index contributed by atoms with van der Waals surface area (Å²) in [5.74, 6) is -0.250. The Morgan fingerprint density at radius 1 is 1.00 bits per heavy atom. The van der Waals surface area contributed by atoms with Crippen molar-refractivity contribution in [1.29, 1.82) is 0 Å². The monoisotopic (exact) mass is 937 g/mol. The molecule has 5 N–H and O–H groups in total. The van der Waals surface area contributed by atoms with Crippen LogP contribution in [0.25, 0.3) is 22.3 Å². The Bertz CT molecular complexity index is 2940. The Labute approximate surface area is 366 Å². The number of phosphoric ester groups is 1. The molecule has 4 aromatic heterocycles. The van der Waals surface area contributed by atoms with Gasteiger partial charge in [0, 0.05) is 18.3 Å². The average Bonchev–Trinajstić information content (AvgIpc) is 3.55. The number of phosphoric acid groups is 1. The van der Waals surface area contributed by atoms with E-state index in [1.807, 2.05) is 19.1 Å². The van der Waals surface area contributed by atoms with E-state index in [2.05, 4.69) is 29.9 Å². The van der Waals surface area contributed by atoms with Crippen molar-refractivity contribution in [2.45, 2.75) is 68.8 Å². The molecule has 1 spiro atoms. The molecule has 336 valence electrons. The van der Waals surface area contributed by atoms with Crippen LogP contribution in [0, 0.1) is 25.2 Å². The number of nitrogens with zero attached hydrogens (tertiary/aromatic N) is 7. The molecule has 0 amide bonds. The number of aryl methyl sites for hydroxylation is 2. The third-order valence-corrected chi connectivity index (χ3v) is 16.7. The van der Waals surface area contributed by atoms with Gasteiger partial charge in [-0.25, -0.2) is 38.8 Å². The summed E-state index contributed by atoms with van der Waals surface area (Å²) in [7, 11) is -3.68. The fraction of sp³-hybridized carbons (Fsp3) is 0.410. The van der Waals surface area contributed by atoms with Crippen LogP contribution in [0.5, 0.6) is 5.75 Å². The molecule has 4 fully saturated rings. The molecule has 2 saturated heterocycles. The summed E-state index contributed by atoms with van der Waals surface area (Å²) in [6, 6.07) is 12.8. The number of hydrogen-bond donors (Lipinski definition) is 4. The first kappa shape index (κ1) is 43.0. The first-order chi connectivity index (χ1) is 30.7. The van der Waals surface area contributed by atoms with Crippen molar-refractivity contribution in [3.63, 3.8) is 0 Å². The number of nitrogens with one attached hydrogen (secondary N) is 1. The fourth-order valence-electron chi connectivity index (χ4n) is 8.89. The van der Waals surface area contributed by atoms with Crippen LogP contribution < -0.4 is 16.0 Å². The number of anilines is 1. The third-order valence-electron chi connectivity index (χ3n) is 12.1. The largest absolute Gasteiger partial charge is 0.472 e. The van der Waals surface area contributed by atoms with Gasteiger partial charge in [-0.15, -0.1) is 0 Å². The Hall–Kier alpha value is -4.90. The number of nitrogens with two attached hydrogens (primary N) is 1. The Morgan fingerprint density at radius 2 is 1.75 bits per heavy atom. The van der Waals surface area contributed by atoms with Gasteiger partial charge in [-0.1, -0.05) is 29.8 Å². The van der Waals surface area contributed by atoms with Crippen LogP contribution >= 0.6 is 26.0 Å². The normalized spacial score (nSPS) is 32.6. The van der Waals surface area contributed by atoms with Gasteiger partial charge >= 0.3 is 20.6 Å². The minimum Gasteiger partial charge on any atom is -0.423 e. The van der Waals surface area contributed by atoms with E-state index in [4.69, 9.17) is 38.0 Å². The molecule has 64 heavy (non-hydrogen) atoms. The maximum absolute atomic E-state index is 15.3. The molecule has 2 bridgehead atoms. The van der Waals surface area contributed by atoms with Gasteiger partial charge < -0.3 is 39.5 Å². The van der Waals surface area contributed by atoms with Crippen LogP contribution in [0.3, 0.4) is 0 Å². The molecule has 4 aliphatic rings. The number of aliphatic hydroxyl groups is 1. The maximum atomic E-state index is 15.3. The number of hydrogen-bond acceptors (Lipinski definition) is 19. The first-order valence-corrected chi connectivity index (χ1v) is 24.6. The number of fused-ring (bicyclic) bond motifs is 4. The molecule has 11 atom stereocenters. The number of imidazole rings is 2. The Morgan fingerprint density at radius 3 is 2.52 bits per heavy atom. The number of esters is 1. The number of ether oxygens (including phenoxy) is 3. The summed E-state index contributed by atoms with van der Waals surface area (Å²) in [6.45, 7) is -1.83. The standard InChI is InChI=1S/C39H41N9O13P2S/c1-19-4-8-22(9-5-19)38(51)58-23-10-6-21(7-11-23)14-64-63(54)56-13-25-30(55-3)31(37(59-25)48-18-44-27-35(48)45-20(2)46-36(27)50)60-62(52,53)57-15-39-12-24(39)28(29(49)32(39)61-63)47-17-43-26-33(40)41-16-42-34(26)47/h4-11,16-18,24-25,28-32,37,49H,12-15H2,1-3H3,(H,52,53)(H2,40,41,42)(H,45,46,50)/t24-,25-,28-,29+,30-,31-,32+,37-,39-,63+/m1/s1. The minimum absolute atomic E-state index is 0.0229. The number of methoxy groups -OCH3 is 1. The van der Waals surface area contributed by atoms with E-state index in [0.717, 1.165) is 16.9 Å². The zero-order valence-corrected chi connectivity index (χ0v) is 36.8. The van der Waals surface area contributed by atoms with Gasteiger partial charge in [0.25, 0.3) is 5.56 Å². The number of nitrogen functional groups attached to an aromatic ring is 1. The Kier molecular flexibility index (Phi) is 10.9. The SMILES string of the molecule is CO[C@H]1[C@H]2OP(=O)(O)OC[C@]34C[C@@H]3[C@@H](n3cnc5c(N)ncnc53)[C@H](O)[C@@H]4O[P@@](=O)(SCc3ccc(OC(=O)c4ccc(C)cc4)cc3)OC[C@H]1O[C@H]2n1cnc2c(=O)[nH]c(C)nc21. The van der Waals surface area contributed by atoms with Crippen LogP contribution in [0.15, 0.2) is 72.3 Å². The van der Waals surface area contributed by atoms with E-state index in [-0.39, 0.29) is 28.6 Å². The molecular weight excluding hydrogens is 896 g/mol. The lowest BCUT2D eigenvalue weighted by Gasteiger charge is -2.32. The topological polar surface area (TPSA) is 289 Å². The van der Waals surface area contributed by atoms with Crippen molar-refractivity contribution in [3.8, 4) is 5.75 Å². The van der Waals surface area contributed by atoms with Gasteiger partial charge in [-0.05, 0) is 67.4 Å². The van der Waals surface area contributed by atoms with Crippen LogP contribution in [0.2, 0.25) is 0 Å². The molecule has 2 aromatic carbocycles. The smallest absolute Gasteiger partial charge is 0.423 e. The van der Waals surface area contributed by atoms with E-state index >= 15 is 4.57 Å². The second kappa shape index (κ2) is 16.2.